The summed E-state index contributed by atoms with van der Waals surface area (Å²) < 4.78 is 1.83. The second kappa shape index (κ2) is 5.75. The Hall–Kier alpha value is -1.43. The molecule has 0 aliphatic heterocycles. The normalized spacial score (nSPS) is 10.8. The summed E-state index contributed by atoms with van der Waals surface area (Å²) >= 11 is 10.8. The fourth-order valence-corrected chi connectivity index (χ4v) is 3.72. The van der Waals surface area contributed by atoms with Crippen LogP contribution in [0.25, 0.3) is 10.2 Å². The molecule has 0 fully saturated rings. The third kappa shape index (κ3) is 3.10. The number of carbonyl (C=O) groups excluding carboxylic acids is 1. The molecule has 1 aromatic heterocycles. The molecule has 3 aromatic rings. The van der Waals surface area contributed by atoms with Crippen LogP contribution in [0.4, 0.5) is 5.13 Å². The first-order valence-electron chi connectivity index (χ1n) is 6.16. The molecule has 0 spiro atoms. The quantitative estimate of drug-likeness (QED) is 0.657. The van der Waals surface area contributed by atoms with Gasteiger partial charge < -0.3 is 0 Å². The Labute approximate surface area is 139 Å². The third-order valence-corrected chi connectivity index (χ3v) is 4.59. The van der Waals surface area contributed by atoms with Crippen LogP contribution in [0, 0.1) is 6.92 Å². The second-order valence-corrected chi connectivity index (χ2v) is 6.94. The van der Waals surface area contributed by atoms with Crippen molar-refractivity contribution in [2.24, 2.45) is 0 Å². The van der Waals surface area contributed by atoms with Crippen molar-refractivity contribution in [1.29, 1.82) is 0 Å². The first-order chi connectivity index (χ1) is 10.0. The predicted molar refractivity (Wildman–Crippen MR) is 91.5 cm³/mol. The average Bonchev–Trinajstić information content (AvgIpc) is 2.81. The predicted octanol–water partition coefficient (Wildman–Crippen LogP) is 5.27. The van der Waals surface area contributed by atoms with Crippen LogP contribution in [-0.4, -0.2) is 10.9 Å². The van der Waals surface area contributed by atoms with Gasteiger partial charge in [0.05, 0.1) is 10.2 Å². The lowest BCUT2D eigenvalue weighted by Crippen LogP contribution is -2.11. The van der Waals surface area contributed by atoms with Gasteiger partial charge in [-0.15, -0.1) is 0 Å². The molecule has 0 unspecified atom stereocenters. The monoisotopic (exact) mass is 380 g/mol. The number of nitrogens with zero attached hydrogens (tertiary/aromatic N) is 1. The second-order valence-electron chi connectivity index (χ2n) is 4.55. The Balaban J connectivity index is 1.91. The summed E-state index contributed by atoms with van der Waals surface area (Å²) in [6.07, 6.45) is 0. The maximum atomic E-state index is 12.2. The number of anilines is 1. The zero-order valence-corrected chi connectivity index (χ0v) is 14.1. The number of nitrogens with one attached hydrogen (secondary N) is 1. The molecule has 0 saturated carbocycles. The molecule has 1 N–H and O–H groups in total. The Morgan fingerprint density at radius 1 is 1.33 bits per heavy atom. The number of rotatable bonds is 2. The van der Waals surface area contributed by atoms with Gasteiger partial charge in [-0.3, -0.25) is 10.1 Å². The fraction of sp³-hybridized carbons (Fsp3) is 0.0667. The van der Waals surface area contributed by atoms with E-state index in [0.717, 1.165) is 20.3 Å². The summed E-state index contributed by atoms with van der Waals surface area (Å²) in [6, 6.07) is 10.9. The number of aromatic nitrogens is 1. The minimum absolute atomic E-state index is 0.181. The Morgan fingerprint density at radius 2 is 2.14 bits per heavy atom. The van der Waals surface area contributed by atoms with E-state index in [-0.39, 0.29) is 5.91 Å². The molecular weight excluding hydrogens is 372 g/mol. The van der Waals surface area contributed by atoms with E-state index in [1.54, 1.807) is 12.1 Å². The SMILES string of the molecule is Cc1cc(Cl)cc2sc(NC(=O)c3cccc(Br)c3)nc12. The molecule has 0 saturated heterocycles. The Kier molecular flexibility index (Phi) is 3.97. The van der Waals surface area contributed by atoms with Crippen LogP contribution in [0.5, 0.6) is 0 Å². The van der Waals surface area contributed by atoms with Crippen molar-refractivity contribution in [1.82, 2.24) is 4.98 Å². The molecular formula is C15H10BrClN2OS. The molecule has 6 heteroatoms. The molecule has 0 bridgehead atoms. The van der Waals surface area contributed by atoms with E-state index in [4.69, 9.17) is 11.6 Å². The van der Waals surface area contributed by atoms with Crippen molar-refractivity contribution in [3.05, 3.63) is 57.0 Å². The van der Waals surface area contributed by atoms with E-state index in [0.29, 0.717) is 15.7 Å². The summed E-state index contributed by atoms with van der Waals surface area (Å²) in [6.45, 7) is 1.95. The number of hydrogen-bond donors (Lipinski definition) is 1. The molecule has 2 aromatic carbocycles. The molecule has 1 amide bonds. The molecule has 3 rings (SSSR count). The van der Waals surface area contributed by atoms with Gasteiger partial charge in [-0.1, -0.05) is 44.9 Å². The maximum Gasteiger partial charge on any atom is 0.257 e. The van der Waals surface area contributed by atoms with Crippen LogP contribution in [0.15, 0.2) is 40.9 Å². The minimum Gasteiger partial charge on any atom is -0.298 e. The van der Waals surface area contributed by atoms with Crippen LogP contribution in [0.2, 0.25) is 5.02 Å². The smallest absolute Gasteiger partial charge is 0.257 e. The zero-order chi connectivity index (χ0) is 15.0. The van der Waals surface area contributed by atoms with Crippen LogP contribution in [0.1, 0.15) is 15.9 Å². The summed E-state index contributed by atoms with van der Waals surface area (Å²) in [5.74, 6) is -0.181. The number of amides is 1. The van der Waals surface area contributed by atoms with E-state index in [2.05, 4.69) is 26.2 Å². The van der Waals surface area contributed by atoms with E-state index < -0.39 is 0 Å². The van der Waals surface area contributed by atoms with Gasteiger partial charge >= 0.3 is 0 Å². The van der Waals surface area contributed by atoms with Crippen LogP contribution < -0.4 is 5.32 Å². The highest BCUT2D eigenvalue weighted by Gasteiger charge is 2.11. The van der Waals surface area contributed by atoms with Crippen LogP contribution >= 0.6 is 38.9 Å². The van der Waals surface area contributed by atoms with E-state index in [1.807, 2.05) is 31.2 Å². The topological polar surface area (TPSA) is 42.0 Å². The lowest BCUT2D eigenvalue weighted by Gasteiger charge is -2.01. The summed E-state index contributed by atoms with van der Waals surface area (Å²) in [7, 11) is 0. The van der Waals surface area contributed by atoms with Crippen LogP contribution in [0.3, 0.4) is 0 Å². The number of aryl methyl sites for hydroxylation is 1. The Morgan fingerprint density at radius 3 is 2.90 bits per heavy atom. The van der Waals surface area contributed by atoms with Gasteiger partial charge in [-0.05, 0) is 42.8 Å². The van der Waals surface area contributed by atoms with Gasteiger partial charge in [0.2, 0.25) is 0 Å². The molecule has 0 aliphatic rings. The number of fused-ring (bicyclic) bond motifs is 1. The molecule has 0 atom stereocenters. The van der Waals surface area contributed by atoms with Crippen LogP contribution in [-0.2, 0) is 0 Å². The highest BCUT2D eigenvalue weighted by Crippen LogP contribution is 2.31. The number of halogens is 2. The van der Waals surface area contributed by atoms with E-state index in [1.165, 1.54) is 11.3 Å². The molecule has 0 aliphatic carbocycles. The number of hydrogen-bond acceptors (Lipinski definition) is 3. The van der Waals surface area contributed by atoms with E-state index in [9.17, 15) is 4.79 Å². The van der Waals surface area contributed by atoms with Crippen molar-refractivity contribution < 1.29 is 4.79 Å². The summed E-state index contributed by atoms with van der Waals surface area (Å²) in [5.41, 5.74) is 2.45. The lowest BCUT2D eigenvalue weighted by atomic mass is 10.2. The Bertz CT molecular complexity index is 847. The van der Waals surface area contributed by atoms with Gasteiger partial charge in [-0.2, -0.15) is 0 Å². The first kappa shape index (κ1) is 14.5. The minimum atomic E-state index is -0.181. The highest BCUT2D eigenvalue weighted by molar-refractivity contribution is 9.10. The highest BCUT2D eigenvalue weighted by atomic mass is 79.9. The number of thiazole rings is 1. The summed E-state index contributed by atoms with van der Waals surface area (Å²) in [5, 5.41) is 4.07. The average molecular weight is 382 g/mol. The first-order valence-corrected chi connectivity index (χ1v) is 8.15. The van der Waals surface area contributed by atoms with Gasteiger partial charge in [0, 0.05) is 15.1 Å². The van der Waals surface area contributed by atoms with Crippen molar-refractivity contribution >= 4 is 60.1 Å². The standard InChI is InChI=1S/C15H10BrClN2OS/c1-8-5-11(17)7-12-13(8)18-15(21-12)19-14(20)9-3-2-4-10(16)6-9/h2-7H,1H3,(H,18,19,20). The largest absolute Gasteiger partial charge is 0.298 e. The molecule has 21 heavy (non-hydrogen) atoms. The van der Waals surface area contributed by atoms with Crippen molar-refractivity contribution in [2.45, 2.75) is 6.92 Å². The maximum absolute atomic E-state index is 12.2. The van der Waals surface area contributed by atoms with Crippen molar-refractivity contribution in [3.63, 3.8) is 0 Å². The molecule has 3 nitrogen and oxygen atoms in total. The van der Waals surface area contributed by atoms with Gasteiger partial charge in [-0.25, -0.2) is 4.98 Å². The molecule has 0 radical (unpaired) electrons. The molecule has 1 heterocycles. The van der Waals surface area contributed by atoms with Gasteiger partial charge in [0.15, 0.2) is 5.13 Å². The lowest BCUT2D eigenvalue weighted by molar-refractivity contribution is 0.102. The number of benzene rings is 2. The van der Waals surface area contributed by atoms with Crippen molar-refractivity contribution in [2.75, 3.05) is 5.32 Å². The fourth-order valence-electron chi connectivity index (χ4n) is 2.01. The molecule has 106 valence electrons. The number of carbonyl (C=O) groups is 1. The van der Waals surface area contributed by atoms with Gasteiger partial charge in [0.1, 0.15) is 0 Å². The van der Waals surface area contributed by atoms with Crippen molar-refractivity contribution in [3.8, 4) is 0 Å². The summed E-state index contributed by atoms with van der Waals surface area (Å²) in [4.78, 5) is 16.7. The zero-order valence-electron chi connectivity index (χ0n) is 11.0. The third-order valence-electron chi connectivity index (χ3n) is 2.96. The van der Waals surface area contributed by atoms with E-state index >= 15 is 0 Å². The van der Waals surface area contributed by atoms with Gasteiger partial charge in [0.25, 0.3) is 5.91 Å².